The second-order valence-electron chi connectivity index (χ2n) is 8.15. The summed E-state index contributed by atoms with van der Waals surface area (Å²) in [4.78, 5) is 27.9. The molecule has 0 unspecified atom stereocenters. The van der Waals surface area contributed by atoms with Gasteiger partial charge in [0.2, 0.25) is 5.91 Å². The largest absolute Gasteiger partial charge is 0.465 e. The second kappa shape index (κ2) is 8.31. The van der Waals surface area contributed by atoms with E-state index in [0.717, 1.165) is 26.1 Å². The summed E-state index contributed by atoms with van der Waals surface area (Å²) in [5.74, 6) is 1.26. The predicted molar refractivity (Wildman–Crippen MR) is 129 cm³/mol. The van der Waals surface area contributed by atoms with Crippen LogP contribution in [-0.4, -0.2) is 11.8 Å². The van der Waals surface area contributed by atoms with Gasteiger partial charge in [0.15, 0.2) is 0 Å². The van der Waals surface area contributed by atoms with E-state index in [0.29, 0.717) is 29.4 Å². The highest BCUT2D eigenvalue weighted by Crippen LogP contribution is 2.45. The quantitative estimate of drug-likeness (QED) is 0.422. The maximum Gasteiger partial charge on any atom is 0.251 e. The molecule has 1 aliphatic rings. The SMILES string of the molecule is Cc1ccc(CNC(=O)c2cc(I)c3c(c2)N(Cc2ccccc2Cl)C(=O)C3(C)C)o1. The van der Waals surface area contributed by atoms with Crippen molar-refractivity contribution in [3.8, 4) is 0 Å². The minimum atomic E-state index is -0.687. The van der Waals surface area contributed by atoms with Crippen LogP contribution in [0.5, 0.6) is 0 Å². The van der Waals surface area contributed by atoms with Gasteiger partial charge in [-0.2, -0.15) is 0 Å². The molecule has 2 aromatic carbocycles. The van der Waals surface area contributed by atoms with Gasteiger partial charge in [-0.15, -0.1) is 0 Å². The fourth-order valence-corrected chi connectivity index (χ4v) is 5.39. The molecule has 1 aromatic heterocycles. The predicted octanol–water partition coefficient (Wildman–Crippen LogP) is 5.60. The second-order valence-corrected chi connectivity index (χ2v) is 9.72. The van der Waals surface area contributed by atoms with Crippen LogP contribution in [-0.2, 0) is 23.3 Å². The van der Waals surface area contributed by atoms with Gasteiger partial charge in [-0.25, -0.2) is 0 Å². The molecule has 0 saturated carbocycles. The molecule has 0 fully saturated rings. The van der Waals surface area contributed by atoms with Crippen LogP contribution in [0.4, 0.5) is 5.69 Å². The topological polar surface area (TPSA) is 62.6 Å². The molecule has 0 radical (unpaired) electrons. The van der Waals surface area contributed by atoms with Crippen LogP contribution in [0.25, 0.3) is 0 Å². The number of hydrogen-bond acceptors (Lipinski definition) is 3. The van der Waals surface area contributed by atoms with E-state index < -0.39 is 5.41 Å². The molecule has 1 aliphatic heterocycles. The third kappa shape index (κ3) is 4.11. The number of benzene rings is 2. The summed E-state index contributed by atoms with van der Waals surface area (Å²) < 4.78 is 6.41. The van der Waals surface area contributed by atoms with Crippen LogP contribution < -0.4 is 10.2 Å². The molecule has 160 valence electrons. The van der Waals surface area contributed by atoms with Crippen molar-refractivity contribution < 1.29 is 14.0 Å². The summed E-state index contributed by atoms with van der Waals surface area (Å²) in [5.41, 5.74) is 2.36. The van der Waals surface area contributed by atoms with E-state index in [-0.39, 0.29) is 11.8 Å². The molecule has 7 heteroatoms. The first-order chi connectivity index (χ1) is 14.7. The van der Waals surface area contributed by atoms with Gasteiger partial charge in [0.1, 0.15) is 11.5 Å². The van der Waals surface area contributed by atoms with Crippen molar-refractivity contribution in [2.45, 2.75) is 39.3 Å². The summed E-state index contributed by atoms with van der Waals surface area (Å²) in [6.45, 7) is 6.35. The summed E-state index contributed by atoms with van der Waals surface area (Å²) in [7, 11) is 0. The lowest BCUT2D eigenvalue weighted by molar-refractivity contribution is -0.122. The van der Waals surface area contributed by atoms with Gasteiger partial charge >= 0.3 is 0 Å². The van der Waals surface area contributed by atoms with E-state index in [1.807, 2.05) is 63.2 Å². The van der Waals surface area contributed by atoms with Crippen molar-refractivity contribution in [3.63, 3.8) is 0 Å². The lowest BCUT2D eigenvalue weighted by Crippen LogP contribution is -2.36. The third-order valence-corrected chi connectivity index (χ3v) is 6.75. The van der Waals surface area contributed by atoms with E-state index >= 15 is 0 Å². The Kier molecular flexibility index (Phi) is 5.87. The standard InChI is InChI=1S/C24H22ClIN2O3/c1-14-8-9-17(31-14)12-27-22(29)16-10-19(26)21-20(11-16)28(23(30)24(21,2)3)13-15-6-4-5-7-18(15)25/h4-11H,12-13H2,1-3H3,(H,27,29). The van der Waals surface area contributed by atoms with Gasteiger partial charge < -0.3 is 14.6 Å². The lowest BCUT2D eigenvalue weighted by Gasteiger charge is -2.21. The minimum absolute atomic E-state index is 0.0102. The van der Waals surface area contributed by atoms with Crippen LogP contribution >= 0.6 is 34.2 Å². The molecule has 2 amide bonds. The molecule has 0 aliphatic carbocycles. The number of carbonyl (C=O) groups excluding carboxylic acids is 2. The highest BCUT2D eigenvalue weighted by molar-refractivity contribution is 14.1. The Bertz CT molecular complexity index is 1190. The van der Waals surface area contributed by atoms with Gasteiger partial charge in [0.05, 0.1) is 24.2 Å². The average molecular weight is 549 g/mol. The molecule has 0 bridgehead atoms. The van der Waals surface area contributed by atoms with Crippen LogP contribution in [0, 0.1) is 10.5 Å². The van der Waals surface area contributed by atoms with Crippen molar-refractivity contribution in [1.29, 1.82) is 0 Å². The average Bonchev–Trinajstić information content (AvgIpc) is 3.22. The fourth-order valence-electron chi connectivity index (χ4n) is 3.91. The number of rotatable bonds is 5. The number of aryl methyl sites for hydroxylation is 1. The van der Waals surface area contributed by atoms with Crippen molar-refractivity contribution in [1.82, 2.24) is 5.32 Å². The number of nitrogens with one attached hydrogen (secondary N) is 1. The molecule has 5 nitrogen and oxygen atoms in total. The van der Waals surface area contributed by atoms with Gasteiger partial charge in [-0.3, -0.25) is 9.59 Å². The Balaban J connectivity index is 1.67. The summed E-state index contributed by atoms with van der Waals surface area (Å²) in [5, 5.41) is 3.50. The molecule has 31 heavy (non-hydrogen) atoms. The van der Waals surface area contributed by atoms with Gasteiger partial charge in [0, 0.05) is 19.7 Å². The van der Waals surface area contributed by atoms with Crippen LogP contribution in [0.2, 0.25) is 5.02 Å². The number of nitrogens with zero attached hydrogens (tertiary/aromatic N) is 1. The number of fused-ring (bicyclic) bond motifs is 1. The monoisotopic (exact) mass is 548 g/mol. The first kappa shape index (κ1) is 21.9. The number of anilines is 1. The Morgan fingerprint density at radius 3 is 2.61 bits per heavy atom. The van der Waals surface area contributed by atoms with E-state index in [4.69, 9.17) is 16.0 Å². The molecule has 0 spiro atoms. The van der Waals surface area contributed by atoms with Crippen molar-refractivity contribution in [2.75, 3.05) is 4.90 Å². The zero-order valence-corrected chi connectivity index (χ0v) is 20.4. The Morgan fingerprint density at radius 1 is 1.19 bits per heavy atom. The van der Waals surface area contributed by atoms with E-state index in [9.17, 15) is 9.59 Å². The lowest BCUT2D eigenvalue weighted by atomic mass is 9.86. The molecule has 2 heterocycles. The summed E-state index contributed by atoms with van der Waals surface area (Å²) >= 11 is 8.56. The molecule has 1 N–H and O–H groups in total. The van der Waals surface area contributed by atoms with E-state index in [1.54, 1.807) is 11.0 Å². The van der Waals surface area contributed by atoms with E-state index in [2.05, 4.69) is 27.9 Å². The maximum atomic E-state index is 13.3. The molecule has 0 saturated heterocycles. The van der Waals surface area contributed by atoms with Crippen LogP contribution in [0.1, 0.15) is 46.9 Å². The highest BCUT2D eigenvalue weighted by atomic mass is 127. The summed E-state index contributed by atoms with van der Waals surface area (Å²) in [6.07, 6.45) is 0. The molecule has 0 atom stereocenters. The van der Waals surface area contributed by atoms with Gasteiger partial charge in [-0.1, -0.05) is 29.8 Å². The van der Waals surface area contributed by atoms with Crippen molar-refractivity contribution >= 4 is 51.7 Å². The minimum Gasteiger partial charge on any atom is -0.465 e. The number of hydrogen-bond donors (Lipinski definition) is 1. The number of amides is 2. The van der Waals surface area contributed by atoms with Crippen LogP contribution in [0.3, 0.4) is 0 Å². The first-order valence-corrected chi connectivity index (χ1v) is 11.4. The van der Waals surface area contributed by atoms with Crippen molar-refractivity contribution in [3.05, 3.63) is 85.3 Å². The Labute approximate surface area is 199 Å². The highest BCUT2D eigenvalue weighted by Gasteiger charge is 2.45. The smallest absolute Gasteiger partial charge is 0.251 e. The molecule has 3 aromatic rings. The Hall–Kier alpha value is -2.32. The number of carbonyl (C=O) groups is 2. The Morgan fingerprint density at radius 2 is 1.94 bits per heavy atom. The fraction of sp³-hybridized carbons (Fsp3) is 0.250. The zero-order chi connectivity index (χ0) is 22.3. The first-order valence-electron chi connectivity index (χ1n) is 9.91. The molecule has 4 rings (SSSR count). The van der Waals surface area contributed by atoms with Crippen LogP contribution in [0.15, 0.2) is 52.9 Å². The number of furan rings is 1. The third-order valence-electron chi connectivity index (χ3n) is 5.53. The van der Waals surface area contributed by atoms with E-state index in [1.165, 1.54) is 0 Å². The summed E-state index contributed by atoms with van der Waals surface area (Å²) in [6, 6.07) is 14.8. The van der Waals surface area contributed by atoms with Gasteiger partial charge in [-0.05, 0) is 79.3 Å². The molecular formula is C24H22ClIN2O3. The normalized spacial score (nSPS) is 14.6. The van der Waals surface area contributed by atoms with Gasteiger partial charge in [0.25, 0.3) is 5.91 Å². The number of halogens is 2. The zero-order valence-electron chi connectivity index (χ0n) is 17.5. The molecular weight excluding hydrogens is 527 g/mol. The van der Waals surface area contributed by atoms with Crippen molar-refractivity contribution in [2.24, 2.45) is 0 Å². The maximum absolute atomic E-state index is 13.3.